The molecule has 0 aromatic rings. The van der Waals surface area contributed by atoms with Gasteiger partial charge in [0, 0.05) is 28.7 Å². The van der Waals surface area contributed by atoms with Crippen molar-refractivity contribution in [1.82, 2.24) is 14.7 Å². The van der Waals surface area contributed by atoms with E-state index in [2.05, 4.69) is 79.0 Å². The highest BCUT2D eigenvalue weighted by molar-refractivity contribution is 4.95. The minimum atomic E-state index is -4.13. The van der Waals surface area contributed by atoms with Crippen molar-refractivity contribution >= 4 is 0 Å². The van der Waals surface area contributed by atoms with E-state index in [-0.39, 0.29) is 17.8 Å². The second-order valence-electron chi connectivity index (χ2n) is 18.2. The lowest BCUT2D eigenvalue weighted by molar-refractivity contribution is -0.212. The molecule has 3 fully saturated rings. The first-order valence-electron chi connectivity index (χ1n) is 19.0. The van der Waals surface area contributed by atoms with Crippen molar-refractivity contribution < 1.29 is 13.2 Å². The third-order valence-corrected chi connectivity index (χ3v) is 10.1. The number of hydrogen-bond acceptors (Lipinski definition) is 3. The van der Waals surface area contributed by atoms with Crippen LogP contribution in [0.2, 0.25) is 0 Å². The number of rotatable bonds is 0. The van der Waals surface area contributed by atoms with Gasteiger partial charge in [-0.3, -0.25) is 14.7 Å². The SMILES string of the molecule is CC.CC.CC(C)(C)C1CCN(C(C)(C)C)C(C(F)(F)F)C1.C[C@@H]1CCN(C(C)(C)C)[C@H](C)C1.C[C@H]1CCN(C(C)(C)C)[C@@H](C)C1. The lowest BCUT2D eigenvalue weighted by atomic mass is 9.72. The molecule has 0 aromatic heterocycles. The molecule has 0 amide bonds. The lowest BCUT2D eigenvalue weighted by Crippen LogP contribution is -2.58. The molecular weight excluding hydrogens is 579 g/mol. The van der Waals surface area contributed by atoms with Gasteiger partial charge in [-0.2, -0.15) is 13.2 Å². The van der Waals surface area contributed by atoms with Crippen LogP contribution in [0.25, 0.3) is 0 Å². The molecule has 6 atom stereocenters. The maximum absolute atomic E-state index is 13.2. The number of halogens is 3. The van der Waals surface area contributed by atoms with E-state index < -0.39 is 17.8 Å². The van der Waals surface area contributed by atoms with Gasteiger partial charge in [0.05, 0.1) is 0 Å². The zero-order valence-corrected chi connectivity index (χ0v) is 34.8. The number of alkyl halides is 3. The molecule has 3 heterocycles. The number of piperidine rings is 3. The monoisotopic (exact) mass is 664 g/mol. The van der Waals surface area contributed by atoms with E-state index in [0.717, 1.165) is 30.3 Å². The molecular formula is C40H84F3N3. The van der Waals surface area contributed by atoms with E-state index in [1.165, 1.54) is 38.8 Å². The van der Waals surface area contributed by atoms with E-state index in [0.29, 0.717) is 17.6 Å². The Morgan fingerprint density at radius 1 is 0.457 bits per heavy atom. The standard InChI is InChI=1S/C14H26F3N.2C11H23N.2C2H6/c1-12(2,3)10-7-8-18(13(4,5)6)11(9-10)14(15,16)17;2*1-9-6-7-12(10(2)8-9)11(3,4)5;2*1-2/h10-11H,7-9H2,1-6H3;2*9-10H,6-8H2,1-5H3;2*1-2H3/t;2*9-,10-;;/m.10../s1. The van der Waals surface area contributed by atoms with Gasteiger partial charge in [0.25, 0.3) is 0 Å². The van der Waals surface area contributed by atoms with Crippen molar-refractivity contribution in [3.05, 3.63) is 0 Å². The van der Waals surface area contributed by atoms with Gasteiger partial charge in [-0.15, -0.1) is 0 Å². The summed E-state index contributed by atoms with van der Waals surface area (Å²) in [6.07, 6.45) is 2.45. The van der Waals surface area contributed by atoms with Crippen LogP contribution >= 0.6 is 0 Å². The second kappa shape index (κ2) is 19.8. The first-order chi connectivity index (χ1) is 20.7. The first kappa shape index (κ1) is 47.8. The summed E-state index contributed by atoms with van der Waals surface area (Å²) in [4.78, 5) is 6.88. The van der Waals surface area contributed by atoms with Gasteiger partial charge in [-0.25, -0.2) is 0 Å². The van der Waals surface area contributed by atoms with Crippen LogP contribution in [0.15, 0.2) is 0 Å². The molecule has 0 aromatic carbocycles. The molecule has 0 spiro atoms. The normalized spacial score (nSPS) is 29.0. The third-order valence-electron chi connectivity index (χ3n) is 10.1. The van der Waals surface area contributed by atoms with Crippen molar-refractivity contribution in [2.75, 3.05) is 19.6 Å². The van der Waals surface area contributed by atoms with E-state index >= 15 is 0 Å². The Kier molecular flexibility index (Phi) is 20.5. The Labute approximate surface area is 288 Å². The van der Waals surface area contributed by atoms with Crippen LogP contribution in [-0.2, 0) is 0 Å². The fourth-order valence-electron chi connectivity index (χ4n) is 7.67. The zero-order chi connectivity index (χ0) is 37.1. The molecule has 0 saturated carbocycles. The predicted molar refractivity (Wildman–Crippen MR) is 200 cm³/mol. The summed E-state index contributed by atoms with van der Waals surface area (Å²) in [6.45, 7) is 46.2. The van der Waals surface area contributed by atoms with Gasteiger partial charge in [-0.05, 0) is 157 Å². The van der Waals surface area contributed by atoms with Crippen LogP contribution < -0.4 is 0 Å². The smallest absolute Gasteiger partial charge is 0.296 e. The highest BCUT2D eigenvalue weighted by Gasteiger charge is 2.51. The Bertz CT molecular complexity index is 746. The van der Waals surface area contributed by atoms with Gasteiger partial charge in [-0.1, -0.05) is 62.3 Å². The summed E-state index contributed by atoms with van der Waals surface area (Å²) in [5, 5.41) is 0. The molecule has 3 saturated heterocycles. The van der Waals surface area contributed by atoms with Gasteiger partial charge in [0.15, 0.2) is 0 Å². The van der Waals surface area contributed by atoms with Gasteiger partial charge in [0.2, 0.25) is 0 Å². The van der Waals surface area contributed by atoms with Crippen molar-refractivity contribution in [3.63, 3.8) is 0 Å². The molecule has 0 aliphatic carbocycles. The van der Waals surface area contributed by atoms with E-state index in [4.69, 9.17) is 0 Å². The maximum atomic E-state index is 13.2. The topological polar surface area (TPSA) is 9.72 Å². The summed E-state index contributed by atoms with van der Waals surface area (Å²) >= 11 is 0. The Balaban J connectivity index is 0. The van der Waals surface area contributed by atoms with Crippen molar-refractivity contribution in [1.29, 1.82) is 0 Å². The molecule has 46 heavy (non-hydrogen) atoms. The highest BCUT2D eigenvalue weighted by atomic mass is 19.4. The number of nitrogens with zero attached hydrogens (tertiary/aromatic N) is 3. The van der Waals surface area contributed by atoms with Gasteiger partial charge in [0.1, 0.15) is 6.04 Å². The largest absolute Gasteiger partial charge is 0.404 e. The first-order valence-corrected chi connectivity index (χ1v) is 19.0. The summed E-state index contributed by atoms with van der Waals surface area (Å²) < 4.78 is 39.7. The summed E-state index contributed by atoms with van der Waals surface area (Å²) in [6, 6.07) is 0.248. The molecule has 0 N–H and O–H groups in total. The third kappa shape index (κ3) is 16.9. The Hall–Kier alpha value is -0.330. The molecule has 3 nitrogen and oxygen atoms in total. The maximum Gasteiger partial charge on any atom is 0.404 e. The minimum absolute atomic E-state index is 0.0481. The van der Waals surface area contributed by atoms with Gasteiger partial charge >= 0.3 is 6.18 Å². The molecule has 3 rings (SSSR count). The van der Waals surface area contributed by atoms with Crippen molar-refractivity contribution in [3.8, 4) is 0 Å². The molecule has 0 radical (unpaired) electrons. The average molecular weight is 664 g/mol. The summed E-state index contributed by atoms with van der Waals surface area (Å²) in [7, 11) is 0. The van der Waals surface area contributed by atoms with Gasteiger partial charge < -0.3 is 0 Å². The summed E-state index contributed by atoms with van der Waals surface area (Å²) in [5.41, 5.74) is 0.246. The molecule has 280 valence electrons. The zero-order valence-electron chi connectivity index (χ0n) is 34.8. The second-order valence-corrected chi connectivity index (χ2v) is 18.2. The van der Waals surface area contributed by atoms with Crippen LogP contribution in [0.1, 0.15) is 177 Å². The fraction of sp³-hybridized carbons (Fsp3) is 1.00. The van der Waals surface area contributed by atoms with Crippen LogP contribution in [-0.4, -0.2) is 75.3 Å². The predicted octanol–water partition coefficient (Wildman–Crippen LogP) is 12.3. The molecule has 3 aliphatic heterocycles. The van der Waals surface area contributed by atoms with Crippen LogP contribution in [0.4, 0.5) is 13.2 Å². The van der Waals surface area contributed by atoms with E-state index in [9.17, 15) is 13.2 Å². The number of hydrogen-bond donors (Lipinski definition) is 0. The van der Waals surface area contributed by atoms with Crippen molar-refractivity contribution in [2.45, 2.75) is 218 Å². The van der Waals surface area contributed by atoms with E-state index in [1.807, 2.05) is 69.2 Å². The summed E-state index contributed by atoms with van der Waals surface area (Å²) in [5.74, 6) is 2.00. The number of likely N-dealkylation sites (tertiary alicyclic amines) is 3. The van der Waals surface area contributed by atoms with Crippen LogP contribution in [0, 0.1) is 23.2 Å². The average Bonchev–Trinajstić information content (AvgIpc) is 2.88. The lowest BCUT2D eigenvalue weighted by Gasteiger charge is -2.49. The fourth-order valence-corrected chi connectivity index (χ4v) is 7.67. The molecule has 6 heteroatoms. The Morgan fingerprint density at radius 2 is 0.761 bits per heavy atom. The molecule has 3 aliphatic rings. The Morgan fingerprint density at radius 3 is 1.00 bits per heavy atom. The minimum Gasteiger partial charge on any atom is -0.296 e. The van der Waals surface area contributed by atoms with Crippen LogP contribution in [0.3, 0.4) is 0 Å². The van der Waals surface area contributed by atoms with E-state index in [1.54, 1.807) is 4.90 Å². The molecule has 0 bridgehead atoms. The van der Waals surface area contributed by atoms with Crippen LogP contribution in [0.5, 0.6) is 0 Å². The van der Waals surface area contributed by atoms with Crippen molar-refractivity contribution in [2.24, 2.45) is 23.2 Å². The quantitative estimate of drug-likeness (QED) is 0.255. The highest BCUT2D eigenvalue weighted by Crippen LogP contribution is 2.43. The molecule has 2 unspecified atom stereocenters.